The highest BCUT2D eigenvalue weighted by Crippen LogP contribution is 2.14. The Hall–Kier alpha value is -1.71. The fourth-order valence-corrected chi connectivity index (χ4v) is 3.46. The van der Waals surface area contributed by atoms with Crippen molar-refractivity contribution in [3.8, 4) is 0 Å². The Kier molecular flexibility index (Phi) is 10.4. The summed E-state index contributed by atoms with van der Waals surface area (Å²) in [6.45, 7) is 10.3. The number of nitrogens with two attached hydrogens (primary N) is 1. The number of nitrogens with one attached hydrogen (secondary N) is 1. The van der Waals surface area contributed by atoms with Crippen molar-refractivity contribution in [3.63, 3.8) is 0 Å². The van der Waals surface area contributed by atoms with E-state index in [9.17, 15) is 0 Å². The average molecular weight is 508 g/mol. The summed E-state index contributed by atoms with van der Waals surface area (Å²) in [4.78, 5) is 13.9. The van der Waals surface area contributed by atoms with Gasteiger partial charge in [-0.25, -0.2) is 4.99 Å². The minimum Gasteiger partial charge on any atom is -0.370 e. The van der Waals surface area contributed by atoms with Gasteiger partial charge in [-0.15, -0.1) is 24.0 Å². The molecule has 1 aromatic carbocycles. The first-order chi connectivity index (χ1) is 13.7. The number of halogens is 1. The van der Waals surface area contributed by atoms with Crippen molar-refractivity contribution in [3.05, 3.63) is 65.5 Å². The number of aromatic nitrogens is 1. The zero-order chi connectivity index (χ0) is 19.6. The van der Waals surface area contributed by atoms with Gasteiger partial charge in [0, 0.05) is 57.6 Å². The van der Waals surface area contributed by atoms with Crippen LogP contribution in [0.25, 0.3) is 0 Å². The maximum atomic E-state index is 6.05. The molecule has 1 aromatic heterocycles. The minimum atomic E-state index is 0. The van der Waals surface area contributed by atoms with Gasteiger partial charge in [0.15, 0.2) is 5.96 Å². The summed E-state index contributed by atoms with van der Waals surface area (Å²) in [6, 6.07) is 14.5. The molecule has 1 aliphatic rings. The lowest BCUT2D eigenvalue weighted by Crippen LogP contribution is -2.45. The normalized spacial score (nSPS) is 15.7. The van der Waals surface area contributed by atoms with Crippen molar-refractivity contribution in [2.24, 2.45) is 10.7 Å². The Bertz CT molecular complexity index is 744. The number of hydrogen-bond donors (Lipinski definition) is 2. The van der Waals surface area contributed by atoms with Gasteiger partial charge in [0.05, 0.1) is 6.54 Å². The maximum absolute atomic E-state index is 6.05. The van der Waals surface area contributed by atoms with Crippen LogP contribution in [0.5, 0.6) is 0 Å². The Morgan fingerprint density at radius 2 is 1.72 bits per heavy atom. The van der Waals surface area contributed by atoms with Crippen LogP contribution in [0.3, 0.4) is 0 Å². The molecule has 1 aliphatic heterocycles. The molecule has 1 saturated heterocycles. The van der Waals surface area contributed by atoms with Crippen LogP contribution < -0.4 is 11.1 Å². The highest BCUT2D eigenvalue weighted by Gasteiger charge is 2.16. The topological polar surface area (TPSA) is 69.8 Å². The van der Waals surface area contributed by atoms with E-state index in [1.165, 1.54) is 11.1 Å². The van der Waals surface area contributed by atoms with E-state index in [-0.39, 0.29) is 24.0 Å². The molecule has 2 aromatic rings. The monoisotopic (exact) mass is 508 g/mol. The molecule has 0 amide bonds. The quantitative estimate of drug-likeness (QED) is 0.326. The van der Waals surface area contributed by atoms with E-state index in [4.69, 9.17) is 5.73 Å². The molecular weight excluding hydrogens is 475 g/mol. The summed E-state index contributed by atoms with van der Waals surface area (Å²) in [5, 5.41) is 3.19. The first-order valence-electron chi connectivity index (χ1n) is 10.2. The lowest BCUT2D eigenvalue weighted by atomic mass is 10.1. The van der Waals surface area contributed by atoms with Crippen molar-refractivity contribution in [2.75, 3.05) is 39.3 Å². The lowest BCUT2D eigenvalue weighted by molar-refractivity contribution is 0.131. The van der Waals surface area contributed by atoms with Crippen molar-refractivity contribution in [1.29, 1.82) is 0 Å². The second-order valence-corrected chi connectivity index (χ2v) is 7.18. The fourth-order valence-electron chi connectivity index (χ4n) is 3.46. The number of piperazine rings is 1. The first kappa shape index (κ1) is 23.6. The third-order valence-corrected chi connectivity index (χ3v) is 5.26. The highest BCUT2D eigenvalue weighted by molar-refractivity contribution is 14.0. The Labute approximate surface area is 191 Å². The number of nitrogens with zero attached hydrogens (tertiary/aromatic N) is 4. The van der Waals surface area contributed by atoms with Gasteiger partial charge in [0.2, 0.25) is 0 Å². The van der Waals surface area contributed by atoms with Crippen molar-refractivity contribution in [2.45, 2.75) is 26.4 Å². The van der Waals surface area contributed by atoms with E-state index < -0.39 is 0 Å². The molecule has 0 unspecified atom stereocenters. The lowest BCUT2D eigenvalue weighted by Gasteiger charge is -2.34. The van der Waals surface area contributed by atoms with Crippen LogP contribution in [0, 0.1) is 0 Å². The standard InChI is InChI=1S/C22H32N6.HI/c1-2-27-13-15-28(16-14-27)18-20-8-4-3-7-19(20)17-26-22(23)25-12-10-21-9-5-6-11-24-21;/h3-9,11H,2,10,12-18H2,1H3,(H3,23,25,26);1H. The number of guanidine groups is 1. The number of likely N-dealkylation sites (N-methyl/N-ethyl adjacent to an activating group) is 1. The van der Waals surface area contributed by atoms with Gasteiger partial charge < -0.3 is 16.0 Å². The van der Waals surface area contributed by atoms with Gasteiger partial charge in [-0.3, -0.25) is 9.88 Å². The molecule has 3 N–H and O–H groups in total. The average Bonchev–Trinajstić information content (AvgIpc) is 2.74. The van der Waals surface area contributed by atoms with Crippen LogP contribution in [0.4, 0.5) is 0 Å². The zero-order valence-corrected chi connectivity index (χ0v) is 19.6. The summed E-state index contributed by atoms with van der Waals surface area (Å²) in [7, 11) is 0. The molecule has 1 fully saturated rings. The van der Waals surface area contributed by atoms with Crippen LogP contribution in [0.2, 0.25) is 0 Å². The summed E-state index contributed by atoms with van der Waals surface area (Å²) < 4.78 is 0. The summed E-state index contributed by atoms with van der Waals surface area (Å²) >= 11 is 0. The van der Waals surface area contributed by atoms with Crippen molar-refractivity contribution >= 4 is 29.9 Å². The molecule has 7 heteroatoms. The molecule has 3 rings (SSSR count). The van der Waals surface area contributed by atoms with Crippen LogP contribution in [0.15, 0.2) is 53.7 Å². The first-order valence-corrected chi connectivity index (χ1v) is 10.2. The summed E-state index contributed by atoms with van der Waals surface area (Å²) in [5.41, 5.74) is 9.70. The molecule has 0 saturated carbocycles. The van der Waals surface area contributed by atoms with Crippen molar-refractivity contribution < 1.29 is 0 Å². The van der Waals surface area contributed by atoms with Gasteiger partial charge in [-0.1, -0.05) is 37.3 Å². The SMILES string of the molecule is CCN1CCN(Cc2ccccc2CN=C(N)NCCc2ccccn2)CC1.I. The molecule has 6 nitrogen and oxygen atoms in total. The zero-order valence-electron chi connectivity index (χ0n) is 17.3. The third-order valence-electron chi connectivity index (χ3n) is 5.26. The fraction of sp³-hybridized carbons (Fsp3) is 0.455. The molecule has 29 heavy (non-hydrogen) atoms. The Balaban J connectivity index is 0.00000300. The van der Waals surface area contributed by atoms with Gasteiger partial charge in [0.25, 0.3) is 0 Å². The van der Waals surface area contributed by atoms with E-state index in [2.05, 4.69) is 56.3 Å². The molecule has 0 bridgehead atoms. The third kappa shape index (κ3) is 7.91. The van der Waals surface area contributed by atoms with Gasteiger partial charge >= 0.3 is 0 Å². The van der Waals surface area contributed by atoms with Crippen LogP contribution >= 0.6 is 24.0 Å². The Morgan fingerprint density at radius 1 is 1.03 bits per heavy atom. The van der Waals surface area contributed by atoms with Crippen LogP contribution in [-0.2, 0) is 19.5 Å². The van der Waals surface area contributed by atoms with Crippen molar-refractivity contribution in [1.82, 2.24) is 20.1 Å². The summed E-state index contributed by atoms with van der Waals surface area (Å²) in [5.74, 6) is 0.488. The number of rotatable bonds is 8. The number of benzene rings is 1. The predicted molar refractivity (Wildman–Crippen MR) is 131 cm³/mol. The van der Waals surface area contributed by atoms with E-state index in [0.29, 0.717) is 12.5 Å². The molecule has 0 atom stereocenters. The smallest absolute Gasteiger partial charge is 0.188 e. The second kappa shape index (κ2) is 12.8. The largest absolute Gasteiger partial charge is 0.370 e. The molecule has 158 valence electrons. The van der Waals surface area contributed by atoms with Crippen LogP contribution in [0.1, 0.15) is 23.7 Å². The van der Waals surface area contributed by atoms with E-state index >= 15 is 0 Å². The molecule has 0 aliphatic carbocycles. The van der Waals surface area contributed by atoms with Crippen LogP contribution in [-0.4, -0.2) is 60.0 Å². The number of aliphatic imine (C=N–C) groups is 1. The van der Waals surface area contributed by atoms with Gasteiger partial charge in [-0.05, 0) is 29.8 Å². The maximum Gasteiger partial charge on any atom is 0.188 e. The van der Waals surface area contributed by atoms with E-state index in [0.717, 1.165) is 57.9 Å². The minimum absolute atomic E-state index is 0. The van der Waals surface area contributed by atoms with E-state index in [1.807, 2.05) is 24.4 Å². The number of hydrogen-bond acceptors (Lipinski definition) is 4. The summed E-state index contributed by atoms with van der Waals surface area (Å²) in [6.07, 6.45) is 2.64. The molecule has 0 radical (unpaired) electrons. The van der Waals surface area contributed by atoms with Gasteiger partial charge in [0.1, 0.15) is 0 Å². The van der Waals surface area contributed by atoms with E-state index in [1.54, 1.807) is 0 Å². The number of pyridine rings is 1. The molecule has 2 heterocycles. The second-order valence-electron chi connectivity index (χ2n) is 7.18. The molecular formula is C22H33IN6. The highest BCUT2D eigenvalue weighted by atomic mass is 127. The molecule has 0 spiro atoms. The predicted octanol–water partition coefficient (Wildman–Crippen LogP) is 2.48. The Morgan fingerprint density at radius 3 is 2.41 bits per heavy atom. The van der Waals surface area contributed by atoms with Gasteiger partial charge in [-0.2, -0.15) is 0 Å².